The molecule has 1 saturated heterocycles. The first-order valence-corrected chi connectivity index (χ1v) is 7.98. The molecule has 0 spiro atoms. The third kappa shape index (κ3) is 2.85. The molecule has 0 amide bonds. The molecule has 0 aromatic heterocycles. The molecule has 2 aliphatic rings. The first-order chi connectivity index (χ1) is 10.8. The second-order valence-electron chi connectivity index (χ2n) is 6.64. The summed E-state index contributed by atoms with van der Waals surface area (Å²) in [4.78, 5) is 11.9. The van der Waals surface area contributed by atoms with Gasteiger partial charge in [-0.1, -0.05) is 24.3 Å². The number of rotatable bonds is 4. The smallest absolute Gasteiger partial charge is 0.340 e. The Bertz CT molecular complexity index is 601. The predicted molar refractivity (Wildman–Crippen MR) is 80.5 cm³/mol. The molecule has 3 N–H and O–H groups in total. The molecule has 4 nitrogen and oxygen atoms in total. The molecule has 0 unspecified atom stereocenters. The lowest BCUT2D eigenvalue weighted by Gasteiger charge is -2.33. The van der Waals surface area contributed by atoms with E-state index in [-0.39, 0.29) is 24.3 Å². The van der Waals surface area contributed by atoms with Crippen LogP contribution < -0.4 is 5.32 Å². The van der Waals surface area contributed by atoms with Crippen LogP contribution in [-0.2, 0) is 10.4 Å². The molecule has 6 heteroatoms. The second-order valence-corrected chi connectivity index (χ2v) is 6.64. The van der Waals surface area contributed by atoms with Gasteiger partial charge in [0.05, 0.1) is 0 Å². The molecule has 1 saturated carbocycles. The molecular formula is C17H21F2NO3. The fourth-order valence-corrected chi connectivity index (χ4v) is 3.94. The molecule has 126 valence electrons. The van der Waals surface area contributed by atoms with Gasteiger partial charge < -0.3 is 15.5 Å². The Morgan fingerprint density at radius 1 is 1.30 bits per heavy atom. The number of hydrogen-bond acceptors (Lipinski definition) is 3. The first kappa shape index (κ1) is 16.3. The number of benzene rings is 1. The van der Waals surface area contributed by atoms with Gasteiger partial charge in [0.15, 0.2) is 5.60 Å². The van der Waals surface area contributed by atoms with Gasteiger partial charge in [0.2, 0.25) is 5.92 Å². The molecule has 1 aromatic carbocycles. The Morgan fingerprint density at radius 3 is 2.61 bits per heavy atom. The predicted octanol–water partition coefficient (Wildman–Crippen LogP) is 2.47. The molecule has 0 bridgehead atoms. The molecule has 1 aromatic rings. The maximum Gasteiger partial charge on any atom is 0.340 e. The molecule has 1 heterocycles. The van der Waals surface area contributed by atoms with Crippen molar-refractivity contribution in [3.63, 3.8) is 0 Å². The number of carboxylic acid groups (broad SMARTS) is 1. The van der Waals surface area contributed by atoms with Crippen LogP contribution in [0.1, 0.15) is 42.7 Å². The third-order valence-electron chi connectivity index (χ3n) is 5.19. The van der Waals surface area contributed by atoms with Gasteiger partial charge in [0.25, 0.3) is 0 Å². The summed E-state index contributed by atoms with van der Waals surface area (Å²) in [6.07, 6.45) is -0.117. The summed E-state index contributed by atoms with van der Waals surface area (Å²) < 4.78 is 27.2. The second kappa shape index (κ2) is 5.83. The number of halogens is 2. The average Bonchev–Trinajstić information content (AvgIpc) is 3.15. The minimum Gasteiger partial charge on any atom is -0.479 e. The van der Waals surface area contributed by atoms with E-state index in [1.807, 2.05) is 0 Å². The monoisotopic (exact) mass is 325 g/mol. The molecule has 23 heavy (non-hydrogen) atoms. The molecule has 1 aliphatic heterocycles. The fourth-order valence-electron chi connectivity index (χ4n) is 3.94. The van der Waals surface area contributed by atoms with E-state index in [9.17, 15) is 23.8 Å². The number of aliphatic carboxylic acids is 1. The molecule has 2 fully saturated rings. The van der Waals surface area contributed by atoms with Crippen molar-refractivity contribution in [1.29, 1.82) is 0 Å². The third-order valence-corrected chi connectivity index (χ3v) is 5.19. The number of alkyl halides is 2. The highest BCUT2D eigenvalue weighted by Crippen LogP contribution is 2.49. The lowest BCUT2D eigenvalue weighted by molar-refractivity contribution is -0.167. The Balaban J connectivity index is 2.03. The lowest BCUT2D eigenvalue weighted by atomic mass is 9.76. The zero-order valence-electron chi connectivity index (χ0n) is 12.8. The largest absolute Gasteiger partial charge is 0.479 e. The van der Waals surface area contributed by atoms with E-state index in [0.29, 0.717) is 6.54 Å². The van der Waals surface area contributed by atoms with Crippen molar-refractivity contribution in [2.75, 3.05) is 13.1 Å². The van der Waals surface area contributed by atoms with Crippen molar-refractivity contribution in [1.82, 2.24) is 5.32 Å². The highest BCUT2D eigenvalue weighted by Gasteiger charge is 2.54. The number of carbonyl (C=O) groups is 1. The Labute approximate surface area is 133 Å². The van der Waals surface area contributed by atoms with Gasteiger partial charge in [0, 0.05) is 25.3 Å². The topological polar surface area (TPSA) is 69.6 Å². The van der Waals surface area contributed by atoms with Crippen LogP contribution in [0, 0.1) is 5.92 Å². The SMILES string of the molecule is O=C(O)[C@](O)(c1ccccc1[C@H]1CCNC1)[C@@H]1CCC(F)(F)C1. The van der Waals surface area contributed by atoms with Gasteiger partial charge in [0.1, 0.15) is 0 Å². The maximum atomic E-state index is 13.6. The Hall–Kier alpha value is -1.53. The summed E-state index contributed by atoms with van der Waals surface area (Å²) in [5.41, 5.74) is -1.25. The van der Waals surface area contributed by atoms with E-state index < -0.39 is 29.8 Å². The van der Waals surface area contributed by atoms with E-state index >= 15 is 0 Å². The maximum absolute atomic E-state index is 13.6. The zero-order valence-corrected chi connectivity index (χ0v) is 12.8. The Morgan fingerprint density at radius 2 is 2.04 bits per heavy atom. The highest BCUT2D eigenvalue weighted by molar-refractivity contribution is 5.80. The minimum atomic E-state index is -2.90. The number of carboxylic acids is 1. The summed E-state index contributed by atoms with van der Waals surface area (Å²) in [5, 5.41) is 23.9. The van der Waals surface area contributed by atoms with Crippen LogP contribution >= 0.6 is 0 Å². The number of hydrogen-bond donors (Lipinski definition) is 3. The van der Waals surface area contributed by atoms with Gasteiger partial charge >= 0.3 is 5.97 Å². The van der Waals surface area contributed by atoms with E-state index in [4.69, 9.17) is 0 Å². The van der Waals surface area contributed by atoms with Crippen molar-refractivity contribution in [2.24, 2.45) is 5.92 Å². The first-order valence-electron chi connectivity index (χ1n) is 7.98. The summed E-state index contributed by atoms with van der Waals surface area (Å²) in [5.74, 6) is -5.24. The van der Waals surface area contributed by atoms with Crippen LogP contribution in [-0.4, -0.2) is 35.2 Å². The van der Waals surface area contributed by atoms with Gasteiger partial charge in [-0.05, 0) is 36.4 Å². The van der Waals surface area contributed by atoms with Gasteiger partial charge in [-0.15, -0.1) is 0 Å². The van der Waals surface area contributed by atoms with E-state index in [1.54, 1.807) is 24.3 Å². The van der Waals surface area contributed by atoms with E-state index in [0.717, 1.165) is 18.5 Å². The van der Waals surface area contributed by atoms with Crippen LogP contribution in [0.5, 0.6) is 0 Å². The molecule has 3 rings (SSSR count). The van der Waals surface area contributed by atoms with Gasteiger partial charge in [-0.2, -0.15) is 0 Å². The fraction of sp³-hybridized carbons (Fsp3) is 0.588. The standard InChI is InChI=1S/C17H21F2NO3/c18-16(19)7-5-12(9-16)17(23,15(21)22)14-4-2-1-3-13(14)11-6-8-20-10-11/h1-4,11-12,20,23H,5-10H2,(H,21,22)/t11-,12+,17+/m0/s1. The molecule has 0 radical (unpaired) electrons. The molecule has 1 aliphatic carbocycles. The van der Waals surface area contributed by atoms with E-state index in [2.05, 4.69) is 5.32 Å². The minimum absolute atomic E-state index is 0.00699. The number of aliphatic hydroxyl groups is 1. The number of nitrogens with one attached hydrogen (secondary N) is 1. The van der Waals surface area contributed by atoms with Crippen molar-refractivity contribution in [2.45, 2.75) is 43.1 Å². The molecular weight excluding hydrogens is 304 g/mol. The van der Waals surface area contributed by atoms with Crippen molar-refractivity contribution in [3.05, 3.63) is 35.4 Å². The van der Waals surface area contributed by atoms with Crippen LogP contribution in [0.2, 0.25) is 0 Å². The van der Waals surface area contributed by atoms with Crippen LogP contribution in [0.3, 0.4) is 0 Å². The van der Waals surface area contributed by atoms with E-state index in [1.165, 1.54) is 0 Å². The van der Waals surface area contributed by atoms with Gasteiger partial charge in [-0.3, -0.25) is 0 Å². The van der Waals surface area contributed by atoms with Crippen molar-refractivity contribution in [3.8, 4) is 0 Å². The van der Waals surface area contributed by atoms with Gasteiger partial charge in [-0.25, -0.2) is 13.6 Å². The summed E-state index contributed by atoms with van der Waals surface area (Å²) in [6, 6.07) is 6.82. The lowest BCUT2D eigenvalue weighted by Crippen LogP contribution is -2.43. The van der Waals surface area contributed by atoms with Crippen molar-refractivity contribution < 1.29 is 23.8 Å². The van der Waals surface area contributed by atoms with Crippen LogP contribution in [0.25, 0.3) is 0 Å². The summed E-state index contributed by atoms with van der Waals surface area (Å²) >= 11 is 0. The average molecular weight is 325 g/mol. The summed E-state index contributed by atoms with van der Waals surface area (Å²) in [6.45, 7) is 1.53. The Kier molecular flexibility index (Phi) is 4.14. The summed E-state index contributed by atoms with van der Waals surface area (Å²) in [7, 11) is 0. The normalized spacial score (nSPS) is 29.3. The zero-order chi connectivity index (χ0) is 16.7. The van der Waals surface area contributed by atoms with Crippen molar-refractivity contribution >= 4 is 5.97 Å². The molecule has 3 atom stereocenters. The van der Waals surface area contributed by atoms with Crippen LogP contribution in [0.15, 0.2) is 24.3 Å². The quantitative estimate of drug-likeness (QED) is 0.795. The highest BCUT2D eigenvalue weighted by atomic mass is 19.3. The van der Waals surface area contributed by atoms with Crippen LogP contribution in [0.4, 0.5) is 8.78 Å².